The minimum atomic E-state index is -0.821. The van der Waals surface area contributed by atoms with Crippen LogP contribution in [0.1, 0.15) is 36.4 Å². The van der Waals surface area contributed by atoms with Gasteiger partial charge in [0.1, 0.15) is 0 Å². The van der Waals surface area contributed by atoms with Crippen molar-refractivity contribution in [2.45, 2.75) is 26.7 Å². The highest BCUT2D eigenvalue weighted by molar-refractivity contribution is 9.11. The van der Waals surface area contributed by atoms with E-state index in [9.17, 15) is 9.59 Å². The van der Waals surface area contributed by atoms with Gasteiger partial charge in [0.05, 0.1) is 8.66 Å². The van der Waals surface area contributed by atoms with E-state index in [2.05, 4.69) is 21.2 Å². The normalized spacial score (nSPS) is 12.4. The predicted octanol–water partition coefficient (Wildman–Crippen LogP) is 3.38. The SMILES string of the molecule is CC(C)C[C@H](CNC(=O)c1ccc(Br)s1)CC(=O)O. The Morgan fingerprint density at radius 2 is 2.11 bits per heavy atom. The van der Waals surface area contributed by atoms with Crippen LogP contribution in [-0.4, -0.2) is 23.5 Å². The molecule has 1 aromatic rings. The number of halogens is 1. The van der Waals surface area contributed by atoms with E-state index in [1.807, 2.05) is 19.9 Å². The standard InChI is InChI=1S/C13H18BrNO3S/c1-8(2)5-9(6-12(16)17)7-15-13(18)10-3-4-11(14)19-10/h3-4,8-9H,5-7H2,1-2H3,(H,15,18)(H,16,17)/t9-/m0/s1. The number of carbonyl (C=O) groups is 2. The first-order chi connectivity index (χ1) is 8.88. The molecule has 0 aliphatic rings. The van der Waals surface area contributed by atoms with Gasteiger partial charge in [0.25, 0.3) is 5.91 Å². The number of carboxylic acids is 1. The highest BCUT2D eigenvalue weighted by atomic mass is 79.9. The summed E-state index contributed by atoms with van der Waals surface area (Å²) in [7, 11) is 0. The number of hydrogen-bond acceptors (Lipinski definition) is 3. The number of hydrogen-bond donors (Lipinski definition) is 2. The molecule has 0 aliphatic carbocycles. The van der Waals surface area contributed by atoms with E-state index in [-0.39, 0.29) is 18.2 Å². The molecule has 0 spiro atoms. The van der Waals surface area contributed by atoms with Crippen molar-refractivity contribution in [3.63, 3.8) is 0 Å². The van der Waals surface area contributed by atoms with Crippen molar-refractivity contribution < 1.29 is 14.7 Å². The molecule has 1 heterocycles. The van der Waals surface area contributed by atoms with Crippen LogP contribution in [0.2, 0.25) is 0 Å². The Kier molecular flexibility index (Phi) is 6.51. The van der Waals surface area contributed by atoms with Gasteiger partial charge >= 0.3 is 5.97 Å². The molecule has 0 radical (unpaired) electrons. The van der Waals surface area contributed by atoms with Crippen molar-refractivity contribution in [1.82, 2.24) is 5.32 Å². The van der Waals surface area contributed by atoms with E-state index < -0.39 is 5.97 Å². The summed E-state index contributed by atoms with van der Waals surface area (Å²) in [4.78, 5) is 23.3. The van der Waals surface area contributed by atoms with Gasteiger partial charge < -0.3 is 10.4 Å². The number of carboxylic acid groups (broad SMARTS) is 1. The van der Waals surface area contributed by atoms with Crippen LogP contribution in [0.3, 0.4) is 0 Å². The monoisotopic (exact) mass is 347 g/mol. The van der Waals surface area contributed by atoms with E-state index in [1.165, 1.54) is 11.3 Å². The van der Waals surface area contributed by atoms with E-state index in [4.69, 9.17) is 5.11 Å². The third-order valence-electron chi connectivity index (χ3n) is 2.62. The van der Waals surface area contributed by atoms with E-state index in [0.29, 0.717) is 17.3 Å². The molecule has 106 valence electrons. The number of amides is 1. The van der Waals surface area contributed by atoms with E-state index in [0.717, 1.165) is 10.2 Å². The summed E-state index contributed by atoms with van der Waals surface area (Å²) in [6, 6.07) is 3.57. The van der Waals surface area contributed by atoms with Crippen LogP contribution < -0.4 is 5.32 Å². The average molecular weight is 348 g/mol. The fraction of sp³-hybridized carbons (Fsp3) is 0.538. The Labute approximate surface area is 125 Å². The lowest BCUT2D eigenvalue weighted by molar-refractivity contribution is -0.138. The number of aliphatic carboxylic acids is 1. The van der Waals surface area contributed by atoms with Crippen molar-refractivity contribution in [3.05, 3.63) is 20.8 Å². The van der Waals surface area contributed by atoms with Crippen LogP contribution in [-0.2, 0) is 4.79 Å². The molecule has 1 aromatic heterocycles. The maximum atomic E-state index is 11.9. The fourth-order valence-electron chi connectivity index (χ4n) is 1.91. The Morgan fingerprint density at radius 3 is 2.58 bits per heavy atom. The maximum Gasteiger partial charge on any atom is 0.303 e. The summed E-state index contributed by atoms with van der Waals surface area (Å²) in [5.74, 6) is -0.574. The summed E-state index contributed by atoms with van der Waals surface area (Å²) in [6.45, 7) is 4.50. The molecule has 1 rings (SSSR count). The average Bonchev–Trinajstić information content (AvgIpc) is 2.71. The number of rotatable bonds is 7. The highest BCUT2D eigenvalue weighted by Gasteiger charge is 2.17. The number of nitrogens with one attached hydrogen (secondary N) is 1. The smallest absolute Gasteiger partial charge is 0.303 e. The van der Waals surface area contributed by atoms with Gasteiger partial charge in [0.2, 0.25) is 0 Å². The lowest BCUT2D eigenvalue weighted by Crippen LogP contribution is -2.30. The molecule has 0 unspecified atom stereocenters. The van der Waals surface area contributed by atoms with Crippen molar-refractivity contribution >= 4 is 39.1 Å². The zero-order valence-corrected chi connectivity index (χ0v) is 13.4. The first-order valence-electron chi connectivity index (χ1n) is 6.13. The molecule has 19 heavy (non-hydrogen) atoms. The van der Waals surface area contributed by atoms with Gasteiger partial charge in [-0.15, -0.1) is 11.3 Å². The van der Waals surface area contributed by atoms with Gasteiger partial charge in [-0.05, 0) is 46.3 Å². The van der Waals surface area contributed by atoms with Crippen molar-refractivity contribution in [1.29, 1.82) is 0 Å². The number of carbonyl (C=O) groups excluding carboxylic acids is 1. The maximum absolute atomic E-state index is 11.9. The second-order valence-electron chi connectivity index (χ2n) is 4.91. The van der Waals surface area contributed by atoms with Gasteiger partial charge in [-0.1, -0.05) is 13.8 Å². The highest BCUT2D eigenvalue weighted by Crippen LogP contribution is 2.22. The zero-order valence-electron chi connectivity index (χ0n) is 11.0. The van der Waals surface area contributed by atoms with Crippen LogP contribution in [0, 0.1) is 11.8 Å². The van der Waals surface area contributed by atoms with Crippen LogP contribution in [0.25, 0.3) is 0 Å². The predicted molar refractivity (Wildman–Crippen MR) is 79.6 cm³/mol. The molecule has 0 fully saturated rings. The van der Waals surface area contributed by atoms with Gasteiger partial charge in [0.15, 0.2) is 0 Å². The molecule has 0 aromatic carbocycles. The molecular weight excluding hydrogens is 330 g/mol. The molecule has 4 nitrogen and oxygen atoms in total. The molecule has 2 N–H and O–H groups in total. The lowest BCUT2D eigenvalue weighted by atomic mass is 9.94. The fourth-order valence-corrected chi connectivity index (χ4v) is 3.22. The van der Waals surface area contributed by atoms with Crippen molar-refractivity contribution in [3.8, 4) is 0 Å². The molecule has 0 bridgehead atoms. The Morgan fingerprint density at radius 1 is 1.42 bits per heavy atom. The molecule has 6 heteroatoms. The summed E-state index contributed by atoms with van der Waals surface area (Å²) >= 11 is 4.67. The first-order valence-corrected chi connectivity index (χ1v) is 7.74. The van der Waals surface area contributed by atoms with Crippen LogP contribution in [0.15, 0.2) is 15.9 Å². The zero-order chi connectivity index (χ0) is 14.4. The Bertz CT molecular complexity index is 445. The summed E-state index contributed by atoms with van der Waals surface area (Å²) < 4.78 is 0.905. The Hall–Kier alpha value is -0.880. The van der Waals surface area contributed by atoms with E-state index >= 15 is 0 Å². The Balaban J connectivity index is 2.50. The van der Waals surface area contributed by atoms with Crippen LogP contribution >= 0.6 is 27.3 Å². The third-order valence-corrected chi connectivity index (χ3v) is 4.24. The minimum Gasteiger partial charge on any atom is -0.481 e. The van der Waals surface area contributed by atoms with Gasteiger partial charge in [-0.3, -0.25) is 9.59 Å². The van der Waals surface area contributed by atoms with Crippen LogP contribution in [0.4, 0.5) is 0 Å². The molecule has 1 amide bonds. The minimum absolute atomic E-state index is 0.0233. The van der Waals surface area contributed by atoms with Crippen molar-refractivity contribution in [2.75, 3.05) is 6.54 Å². The topological polar surface area (TPSA) is 66.4 Å². The summed E-state index contributed by atoms with van der Waals surface area (Å²) in [5, 5.41) is 11.7. The summed E-state index contributed by atoms with van der Waals surface area (Å²) in [5.41, 5.74) is 0. The second kappa shape index (κ2) is 7.65. The van der Waals surface area contributed by atoms with Gasteiger partial charge in [-0.25, -0.2) is 0 Å². The lowest BCUT2D eigenvalue weighted by Gasteiger charge is -2.17. The molecule has 1 atom stereocenters. The second-order valence-corrected chi connectivity index (χ2v) is 7.37. The number of thiophene rings is 1. The quantitative estimate of drug-likeness (QED) is 0.794. The largest absolute Gasteiger partial charge is 0.481 e. The van der Waals surface area contributed by atoms with Crippen LogP contribution in [0.5, 0.6) is 0 Å². The molecular formula is C13H18BrNO3S. The molecule has 0 saturated heterocycles. The van der Waals surface area contributed by atoms with E-state index in [1.54, 1.807) is 6.07 Å². The van der Waals surface area contributed by atoms with Crippen molar-refractivity contribution in [2.24, 2.45) is 11.8 Å². The molecule has 0 saturated carbocycles. The molecule has 0 aliphatic heterocycles. The van der Waals surface area contributed by atoms with Gasteiger partial charge in [-0.2, -0.15) is 0 Å². The van der Waals surface area contributed by atoms with Gasteiger partial charge in [0, 0.05) is 13.0 Å². The third kappa shape index (κ3) is 6.20. The first kappa shape index (κ1) is 16.2. The summed E-state index contributed by atoms with van der Waals surface area (Å²) in [6.07, 6.45) is 0.882.